The molecule has 0 radical (unpaired) electrons. The number of hydrogen-bond acceptors (Lipinski definition) is 2. The maximum Gasteiger partial charge on any atom is 0.0933 e. The predicted molar refractivity (Wildman–Crippen MR) is 97.4 cm³/mol. The summed E-state index contributed by atoms with van der Waals surface area (Å²) in [6.07, 6.45) is 4.98. The molecule has 2 heteroatoms. The Hall–Kier alpha value is -2.79. The summed E-state index contributed by atoms with van der Waals surface area (Å²) in [5.74, 6) is 6.44. The van der Waals surface area contributed by atoms with E-state index in [9.17, 15) is 0 Å². The molecule has 0 unspecified atom stereocenters. The molecule has 3 aromatic rings. The van der Waals surface area contributed by atoms with Crippen molar-refractivity contribution in [2.75, 3.05) is 11.9 Å². The molecule has 0 atom stereocenters. The molecule has 0 saturated carbocycles. The van der Waals surface area contributed by atoms with Gasteiger partial charge in [0, 0.05) is 30.1 Å². The van der Waals surface area contributed by atoms with Crippen LogP contribution in [0.25, 0.3) is 10.9 Å². The molecule has 0 spiro atoms. The van der Waals surface area contributed by atoms with E-state index in [-0.39, 0.29) is 0 Å². The highest BCUT2D eigenvalue weighted by Gasteiger charge is 1.99. The summed E-state index contributed by atoms with van der Waals surface area (Å²) in [4.78, 5) is 4.46. The molecule has 0 saturated heterocycles. The largest absolute Gasteiger partial charge is 0.383 e. The normalized spacial score (nSPS) is 10.1. The van der Waals surface area contributed by atoms with Crippen molar-refractivity contribution >= 4 is 16.6 Å². The summed E-state index contributed by atoms with van der Waals surface area (Å²) in [7, 11) is 0. The van der Waals surface area contributed by atoms with Crippen LogP contribution in [0.1, 0.15) is 24.8 Å². The second kappa shape index (κ2) is 8.00. The Bertz CT molecular complexity index is 808. The van der Waals surface area contributed by atoms with Crippen molar-refractivity contribution in [1.82, 2.24) is 4.98 Å². The van der Waals surface area contributed by atoms with E-state index < -0.39 is 0 Å². The number of nitrogens with zero attached hydrogens (tertiary/aromatic N) is 1. The molecule has 0 aliphatic rings. The molecular weight excluding hydrogens is 280 g/mol. The Morgan fingerprint density at radius 1 is 0.870 bits per heavy atom. The van der Waals surface area contributed by atoms with Crippen molar-refractivity contribution in [3.8, 4) is 11.8 Å². The number of unbranched alkanes of at least 4 members (excludes halogenated alkanes) is 2. The summed E-state index contributed by atoms with van der Waals surface area (Å²) in [5, 5.41) is 4.66. The highest BCUT2D eigenvalue weighted by Crippen LogP contribution is 2.20. The maximum absolute atomic E-state index is 4.46. The standard InChI is InChI=1S/C21H20N2/c1(4-10-18-11-5-3-6-12-18)2-7-16-22-20-15-8-13-19-14-9-17-23-21(19)20/h3,5-6,8-9,11-15,17,22H,1-2,7,16H2. The van der Waals surface area contributed by atoms with Crippen LogP contribution in [0, 0.1) is 11.8 Å². The van der Waals surface area contributed by atoms with E-state index in [2.05, 4.69) is 46.4 Å². The van der Waals surface area contributed by atoms with Gasteiger partial charge < -0.3 is 5.32 Å². The SMILES string of the molecule is C(#Cc1ccccc1)CCCCNc1cccc2cccnc12. The molecule has 2 aromatic carbocycles. The van der Waals surface area contributed by atoms with Crippen molar-refractivity contribution in [3.63, 3.8) is 0 Å². The van der Waals surface area contributed by atoms with Gasteiger partial charge in [0.1, 0.15) is 0 Å². The number of rotatable bonds is 5. The highest BCUT2D eigenvalue weighted by atomic mass is 14.9. The minimum absolute atomic E-state index is 0.935. The summed E-state index contributed by atoms with van der Waals surface area (Å²) in [6.45, 7) is 0.947. The van der Waals surface area contributed by atoms with E-state index in [1.165, 1.54) is 5.39 Å². The molecule has 1 aromatic heterocycles. The van der Waals surface area contributed by atoms with Gasteiger partial charge in [0.15, 0.2) is 0 Å². The zero-order chi connectivity index (χ0) is 15.7. The van der Waals surface area contributed by atoms with Gasteiger partial charge >= 0.3 is 0 Å². The third-order valence-electron chi connectivity index (χ3n) is 3.68. The van der Waals surface area contributed by atoms with Crippen LogP contribution in [0.2, 0.25) is 0 Å². The fourth-order valence-corrected chi connectivity index (χ4v) is 2.49. The van der Waals surface area contributed by atoms with Gasteiger partial charge in [-0.2, -0.15) is 0 Å². The molecule has 114 valence electrons. The number of hydrogen-bond donors (Lipinski definition) is 1. The third kappa shape index (κ3) is 4.34. The first kappa shape index (κ1) is 15.1. The molecule has 1 heterocycles. The predicted octanol–water partition coefficient (Wildman–Crippen LogP) is 4.87. The number of anilines is 1. The van der Waals surface area contributed by atoms with Crippen LogP contribution in [-0.4, -0.2) is 11.5 Å². The molecule has 0 bridgehead atoms. The molecule has 0 amide bonds. The lowest BCUT2D eigenvalue weighted by Crippen LogP contribution is -2.02. The van der Waals surface area contributed by atoms with Gasteiger partial charge in [0.25, 0.3) is 0 Å². The topological polar surface area (TPSA) is 24.9 Å². The Balaban J connectivity index is 1.44. The fraction of sp³-hybridized carbons (Fsp3) is 0.190. The van der Waals surface area contributed by atoms with Crippen LogP contribution in [0.15, 0.2) is 66.9 Å². The first-order valence-corrected chi connectivity index (χ1v) is 8.05. The molecule has 23 heavy (non-hydrogen) atoms. The van der Waals surface area contributed by atoms with Gasteiger partial charge in [-0.3, -0.25) is 4.98 Å². The van der Waals surface area contributed by atoms with Gasteiger partial charge in [0.2, 0.25) is 0 Å². The molecule has 0 aliphatic heterocycles. The smallest absolute Gasteiger partial charge is 0.0933 e. The molecule has 2 nitrogen and oxygen atoms in total. The van der Waals surface area contributed by atoms with Gasteiger partial charge in [-0.15, -0.1) is 0 Å². The molecule has 0 fully saturated rings. The van der Waals surface area contributed by atoms with Crippen LogP contribution in [0.3, 0.4) is 0 Å². The first-order chi connectivity index (χ1) is 11.4. The Morgan fingerprint density at radius 3 is 2.65 bits per heavy atom. The number of fused-ring (bicyclic) bond motifs is 1. The van der Waals surface area contributed by atoms with E-state index in [1.807, 2.05) is 42.6 Å². The molecule has 1 N–H and O–H groups in total. The van der Waals surface area contributed by atoms with Crippen molar-refractivity contribution in [3.05, 3.63) is 72.4 Å². The fourth-order valence-electron chi connectivity index (χ4n) is 2.49. The quantitative estimate of drug-likeness (QED) is 0.537. The Morgan fingerprint density at radius 2 is 1.74 bits per heavy atom. The van der Waals surface area contributed by atoms with Gasteiger partial charge in [-0.05, 0) is 37.1 Å². The van der Waals surface area contributed by atoms with E-state index in [0.29, 0.717) is 0 Å². The van der Waals surface area contributed by atoms with Crippen LogP contribution < -0.4 is 5.32 Å². The lowest BCUT2D eigenvalue weighted by atomic mass is 10.2. The minimum Gasteiger partial charge on any atom is -0.383 e. The van der Waals surface area contributed by atoms with Gasteiger partial charge in [-0.25, -0.2) is 0 Å². The summed E-state index contributed by atoms with van der Waals surface area (Å²) < 4.78 is 0. The molecule has 3 rings (SSSR count). The number of aromatic nitrogens is 1. The maximum atomic E-state index is 4.46. The highest BCUT2D eigenvalue weighted by molar-refractivity contribution is 5.90. The van der Waals surface area contributed by atoms with Crippen LogP contribution in [-0.2, 0) is 0 Å². The van der Waals surface area contributed by atoms with Gasteiger partial charge in [0.05, 0.1) is 11.2 Å². The molecule has 0 aliphatic carbocycles. The van der Waals surface area contributed by atoms with Crippen LogP contribution >= 0.6 is 0 Å². The van der Waals surface area contributed by atoms with Crippen LogP contribution in [0.5, 0.6) is 0 Å². The number of pyridine rings is 1. The van der Waals surface area contributed by atoms with Crippen molar-refractivity contribution in [2.45, 2.75) is 19.3 Å². The Labute approximate surface area is 137 Å². The van der Waals surface area contributed by atoms with E-state index >= 15 is 0 Å². The Kier molecular flexibility index (Phi) is 5.26. The average molecular weight is 300 g/mol. The zero-order valence-electron chi connectivity index (χ0n) is 13.1. The minimum atomic E-state index is 0.935. The zero-order valence-corrected chi connectivity index (χ0v) is 13.1. The number of benzene rings is 2. The van der Waals surface area contributed by atoms with Crippen molar-refractivity contribution in [1.29, 1.82) is 0 Å². The average Bonchev–Trinajstić information content (AvgIpc) is 2.62. The van der Waals surface area contributed by atoms with Gasteiger partial charge in [-0.1, -0.05) is 48.2 Å². The molecular formula is C21H20N2. The second-order valence-electron chi connectivity index (χ2n) is 5.43. The third-order valence-corrected chi connectivity index (χ3v) is 3.68. The van der Waals surface area contributed by atoms with E-state index in [4.69, 9.17) is 0 Å². The van der Waals surface area contributed by atoms with Crippen LogP contribution in [0.4, 0.5) is 5.69 Å². The number of nitrogens with one attached hydrogen (secondary N) is 1. The summed E-state index contributed by atoms with van der Waals surface area (Å²) in [6, 6.07) is 20.4. The first-order valence-electron chi connectivity index (χ1n) is 8.05. The second-order valence-corrected chi connectivity index (χ2v) is 5.43. The summed E-state index contributed by atoms with van der Waals surface area (Å²) in [5.41, 5.74) is 3.24. The lowest BCUT2D eigenvalue weighted by molar-refractivity contribution is 0.789. The van der Waals surface area contributed by atoms with Crippen molar-refractivity contribution < 1.29 is 0 Å². The lowest BCUT2D eigenvalue weighted by Gasteiger charge is -2.08. The van der Waals surface area contributed by atoms with E-state index in [0.717, 1.165) is 42.6 Å². The summed E-state index contributed by atoms with van der Waals surface area (Å²) >= 11 is 0. The van der Waals surface area contributed by atoms with Crippen molar-refractivity contribution in [2.24, 2.45) is 0 Å². The van der Waals surface area contributed by atoms with E-state index in [1.54, 1.807) is 0 Å². The number of para-hydroxylation sites is 1. The monoisotopic (exact) mass is 300 g/mol.